The Morgan fingerprint density at radius 1 is 1.09 bits per heavy atom. The minimum Gasteiger partial charge on any atom is -0.490 e. The summed E-state index contributed by atoms with van der Waals surface area (Å²) in [6, 6.07) is 14.9. The van der Waals surface area contributed by atoms with Crippen molar-refractivity contribution in [2.75, 3.05) is 6.61 Å². The lowest BCUT2D eigenvalue weighted by molar-refractivity contribution is 0.101. The zero-order chi connectivity index (χ0) is 16.2. The first kappa shape index (κ1) is 15.1. The normalized spacial score (nSPS) is 14.3. The number of hydrogen-bond acceptors (Lipinski definition) is 3. The second kappa shape index (κ2) is 6.53. The van der Waals surface area contributed by atoms with Gasteiger partial charge in [0.05, 0.1) is 5.56 Å². The van der Waals surface area contributed by atoms with Gasteiger partial charge >= 0.3 is 0 Å². The molecule has 0 N–H and O–H groups in total. The maximum atomic E-state index is 12.2. The van der Waals surface area contributed by atoms with E-state index < -0.39 is 0 Å². The van der Waals surface area contributed by atoms with Crippen LogP contribution in [0.2, 0.25) is 0 Å². The van der Waals surface area contributed by atoms with Gasteiger partial charge in [0.1, 0.15) is 18.1 Å². The zero-order valence-electron chi connectivity index (χ0n) is 13.2. The Morgan fingerprint density at radius 2 is 1.83 bits per heavy atom. The minimum atomic E-state index is -0.0792. The summed E-state index contributed by atoms with van der Waals surface area (Å²) in [5.41, 5.74) is 2.74. The fourth-order valence-corrected chi connectivity index (χ4v) is 2.25. The van der Waals surface area contributed by atoms with Gasteiger partial charge in [0.2, 0.25) is 5.78 Å². The van der Waals surface area contributed by atoms with Gasteiger partial charge in [0.15, 0.2) is 5.76 Å². The van der Waals surface area contributed by atoms with Gasteiger partial charge in [0.25, 0.3) is 0 Å². The van der Waals surface area contributed by atoms with E-state index in [0.717, 1.165) is 11.3 Å². The molecule has 0 radical (unpaired) electrons. The van der Waals surface area contributed by atoms with Crippen LogP contribution in [0, 0.1) is 0 Å². The first-order chi connectivity index (χ1) is 11.1. The zero-order valence-corrected chi connectivity index (χ0v) is 13.2. The second-order valence-electron chi connectivity index (χ2n) is 5.60. The Morgan fingerprint density at radius 3 is 2.52 bits per heavy atom. The molecule has 0 unspecified atom stereocenters. The van der Waals surface area contributed by atoms with E-state index in [1.165, 1.54) is 5.57 Å². The van der Waals surface area contributed by atoms with Crippen LogP contribution in [0.25, 0.3) is 6.08 Å². The number of ketones is 1. The Bertz CT molecular complexity index is 779. The molecule has 1 aliphatic rings. The molecule has 0 bridgehead atoms. The number of fused-ring (bicyclic) bond motifs is 1. The lowest BCUT2D eigenvalue weighted by Gasteiger charge is -2.04. The van der Waals surface area contributed by atoms with Gasteiger partial charge in [-0.25, -0.2) is 0 Å². The van der Waals surface area contributed by atoms with Crippen LogP contribution in [-0.4, -0.2) is 12.4 Å². The predicted octanol–water partition coefficient (Wildman–Crippen LogP) is 4.65. The van der Waals surface area contributed by atoms with Crippen LogP contribution in [0.15, 0.2) is 65.9 Å². The third kappa shape index (κ3) is 3.51. The maximum absolute atomic E-state index is 12.2. The van der Waals surface area contributed by atoms with Gasteiger partial charge in [0, 0.05) is 0 Å². The number of para-hydroxylation sites is 1. The first-order valence-corrected chi connectivity index (χ1v) is 7.53. The molecule has 1 heterocycles. The van der Waals surface area contributed by atoms with E-state index in [4.69, 9.17) is 9.47 Å². The van der Waals surface area contributed by atoms with Crippen molar-refractivity contribution in [3.8, 4) is 11.5 Å². The summed E-state index contributed by atoms with van der Waals surface area (Å²) in [5, 5.41) is 0. The SMILES string of the molecule is CC(C)=CCOc1ccc(/C=C2\Oc3ccccc3C2=O)cc1. The number of benzene rings is 2. The monoisotopic (exact) mass is 306 g/mol. The van der Waals surface area contributed by atoms with E-state index in [1.807, 2.05) is 56.3 Å². The van der Waals surface area contributed by atoms with Crippen molar-refractivity contribution in [1.29, 1.82) is 0 Å². The fraction of sp³-hybridized carbons (Fsp3) is 0.150. The van der Waals surface area contributed by atoms with Gasteiger partial charge in [-0.1, -0.05) is 29.8 Å². The minimum absolute atomic E-state index is 0.0792. The highest BCUT2D eigenvalue weighted by atomic mass is 16.5. The molecule has 0 saturated carbocycles. The molecule has 0 amide bonds. The molecule has 0 fully saturated rings. The summed E-state index contributed by atoms with van der Waals surface area (Å²) in [4.78, 5) is 12.2. The summed E-state index contributed by atoms with van der Waals surface area (Å²) < 4.78 is 11.2. The topological polar surface area (TPSA) is 35.5 Å². The van der Waals surface area contributed by atoms with Crippen LogP contribution in [0.5, 0.6) is 11.5 Å². The highest BCUT2D eigenvalue weighted by Crippen LogP contribution is 2.31. The molecule has 3 heteroatoms. The third-order valence-electron chi connectivity index (χ3n) is 3.49. The number of Topliss-reactive ketones (excluding diaryl/α,β-unsaturated/α-hetero) is 1. The number of ether oxygens (including phenoxy) is 2. The molecule has 3 nitrogen and oxygen atoms in total. The highest BCUT2D eigenvalue weighted by molar-refractivity contribution is 6.14. The Kier molecular flexibility index (Phi) is 4.29. The van der Waals surface area contributed by atoms with Crippen LogP contribution in [0.3, 0.4) is 0 Å². The molecule has 1 aliphatic heterocycles. The van der Waals surface area contributed by atoms with Gasteiger partial charge in [-0.05, 0) is 55.8 Å². The second-order valence-corrected chi connectivity index (χ2v) is 5.60. The Balaban J connectivity index is 1.72. The van der Waals surface area contributed by atoms with Crippen molar-refractivity contribution in [3.05, 3.63) is 77.1 Å². The quantitative estimate of drug-likeness (QED) is 0.609. The fourth-order valence-electron chi connectivity index (χ4n) is 2.25. The first-order valence-electron chi connectivity index (χ1n) is 7.53. The maximum Gasteiger partial charge on any atom is 0.231 e. The summed E-state index contributed by atoms with van der Waals surface area (Å²) in [7, 11) is 0. The molecule has 0 spiro atoms. The van der Waals surface area contributed by atoms with Crippen molar-refractivity contribution in [1.82, 2.24) is 0 Å². The van der Waals surface area contributed by atoms with E-state index in [1.54, 1.807) is 18.2 Å². The van der Waals surface area contributed by atoms with Gasteiger partial charge in [-0.3, -0.25) is 4.79 Å². The van der Waals surface area contributed by atoms with Crippen LogP contribution in [0.1, 0.15) is 29.8 Å². The summed E-state index contributed by atoms with van der Waals surface area (Å²) >= 11 is 0. The standard InChI is InChI=1S/C20H18O3/c1-14(2)11-12-22-16-9-7-15(8-10-16)13-19-20(21)17-5-3-4-6-18(17)23-19/h3-11,13H,12H2,1-2H3/b19-13-. The molecule has 116 valence electrons. The van der Waals surface area contributed by atoms with Crippen LogP contribution < -0.4 is 9.47 Å². The number of allylic oxidation sites excluding steroid dienone is 2. The molecular weight excluding hydrogens is 288 g/mol. The Labute approximate surface area is 135 Å². The van der Waals surface area contributed by atoms with Gasteiger partial charge in [-0.2, -0.15) is 0 Å². The summed E-state index contributed by atoms with van der Waals surface area (Å²) in [6.07, 6.45) is 3.78. The third-order valence-corrected chi connectivity index (χ3v) is 3.49. The molecule has 2 aromatic rings. The number of rotatable bonds is 4. The molecule has 0 atom stereocenters. The molecule has 0 aliphatic carbocycles. The molecule has 2 aromatic carbocycles. The smallest absolute Gasteiger partial charge is 0.231 e. The average molecular weight is 306 g/mol. The van der Waals surface area contributed by atoms with Crippen molar-refractivity contribution >= 4 is 11.9 Å². The summed E-state index contributed by atoms with van der Waals surface area (Å²) in [6.45, 7) is 4.63. The molecule has 23 heavy (non-hydrogen) atoms. The van der Waals surface area contributed by atoms with E-state index in [-0.39, 0.29) is 5.78 Å². The average Bonchev–Trinajstić information content (AvgIpc) is 2.85. The van der Waals surface area contributed by atoms with Crippen molar-refractivity contribution < 1.29 is 14.3 Å². The van der Waals surface area contributed by atoms with E-state index >= 15 is 0 Å². The number of carbonyl (C=O) groups is 1. The molecule has 3 rings (SSSR count). The van der Waals surface area contributed by atoms with Crippen molar-refractivity contribution in [2.24, 2.45) is 0 Å². The molecule has 0 saturated heterocycles. The number of hydrogen-bond donors (Lipinski definition) is 0. The van der Waals surface area contributed by atoms with E-state index in [2.05, 4.69) is 0 Å². The lowest BCUT2D eigenvalue weighted by Crippen LogP contribution is -1.98. The molecule has 0 aromatic heterocycles. The van der Waals surface area contributed by atoms with Crippen LogP contribution in [-0.2, 0) is 0 Å². The molecular formula is C20H18O3. The largest absolute Gasteiger partial charge is 0.490 e. The van der Waals surface area contributed by atoms with E-state index in [0.29, 0.717) is 23.7 Å². The highest BCUT2D eigenvalue weighted by Gasteiger charge is 2.26. The van der Waals surface area contributed by atoms with E-state index in [9.17, 15) is 4.79 Å². The number of carbonyl (C=O) groups excluding carboxylic acids is 1. The van der Waals surface area contributed by atoms with Crippen LogP contribution in [0.4, 0.5) is 0 Å². The van der Waals surface area contributed by atoms with Crippen molar-refractivity contribution in [3.63, 3.8) is 0 Å². The van der Waals surface area contributed by atoms with Gasteiger partial charge < -0.3 is 9.47 Å². The van der Waals surface area contributed by atoms with Crippen molar-refractivity contribution in [2.45, 2.75) is 13.8 Å². The lowest BCUT2D eigenvalue weighted by atomic mass is 10.1. The van der Waals surface area contributed by atoms with Gasteiger partial charge in [-0.15, -0.1) is 0 Å². The summed E-state index contributed by atoms with van der Waals surface area (Å²) in [5.74, 6) is 1.69. The van der Waals surface area contributed by atoms with Crippen LogP contribution >= 0.6 is 0 Å². The predicted molar refractivity (Wildman–Crippen MR) is 90.7 cm³/mol. The Hall–Kier alpha value is -2.81.